The van der Waals surface area contributed by atoms with Gasteiger partial charge < -0.3 is 16.4 Å². The van der Waals surface area contributed by atoms with Gasteiger partial charge in [-0.25, -0.2) is 17.6 Å². The highest BCUT2D eigenvalue weighted by Crippen LogP contribution is 2.25. The summed E-state index contributed by atoms with van der Waals surface area (Å²) in [6.07, 6.45) is 0. The Morgan fingerprint density at radius 1 is 0.735 bits per heavy atom. The predicted molar refractivity (Wildman–Crippen MR) is 139 cm³/mol. The summed E-state index contributed by atoms with van der Waals surface area (Å²) in [5.41, 5.74) is 5.27. The normalized spacial score (nSPS) is 9.94. The van der Waals surface area contributed by atoms with Crippen molar-refractivity contribution in [1.29, 1.82) is 0 Å². The number of benzene rings is 3. The van der Waals surface area contributed by atoms with Crippen LogP contribution < -0.4 is 21.7 Å². The first-order valence-corrected chi connectivity index (χ1v) is 11.4. The molecule has 3 rings (SSSR count). The summed E-state index contributed by atoms with van der Waals surface area (Å²) in [6.45, 7) is 0. The van der Waals surface area contributed by atoms with Gasteiger partial charge in [-0.15, -0.1) is 0 Å². The van der Waals surface area contributed by atoms with E-state index in [4.69, 9.17) is 18.0 Å². The maximum atomic E-state index is 13.6. The number of carbonyl (C=O) groups is 1. The lowest BCUT2D eigenvalue weighted by atomic mass is 10.2. The highest BCUT2D eigenvalue weighted by atomic mass is 79.9. The van der Waals surface area contributed by atoms with Crippen molar-refractivity contribution < 1.29 is 22.4 Å². The van der Waals surface area contributed by atoms with E-state index in [0.29, 0.717) is 5.56 Å². The predicted octanol–water partition coefficient (Wildman–Crippen LogP) is 6.24. The molecule has 13 heteroatoms. The molecular formula is C21H14Br2F4N4OS2. The average Bonchev–Trinajstić information content (AvgIpc) is 2.80. The molecule has 0 fully saturated rings. The monoisotopic (exact) mass is 636 g/mol. The first-order chi connectivity index (χ1) is 16.0. The van der Waals surface area contributed by atoms with E-state index in [-0.39, 0.29) is 30.5 Å². The van der Waals surface area contributed by atoms with Crippen molar-refractivity contribution in [1.82, 2.24) is 5.32 Å². The molecule has 0 aliphatic rings. The fourth-order valence-corrected chi connectivity index (χ4v) is 3.22. The van der Waals surface area contributed by atoms with Gasteiger partial charge in [-0.2, -0.15) is 0 Å². The molecule has 178 valence electrons. The third kappa shape index (κ3) is 7.72. The lowest BCUT2D eigenvalue weighted by Gasteiger charge is -2.11. The van der Waals surface area contributed by atoms with E-state index in [2.05, 4.69) is 60.0 Å². The van der Waals surface area contributed by atoms with Crippen LogP contribution in [0.25, 0.3) is 0 Å². The first-order valence-electron chi connectivity index (χ1n) is 9.02. The molecule has 0 heterocycles. The summed E-state index contributed by atoms with van der Waals surface area (Å²) in [5.74, 6) is -4.53. The van der Waals surface area contributed by atoms with Crippen LogP contribution in [0, 0.1) is 23.3 Å². The molecule has 34 heavy (non-hydrogen) atoms. The SMILES string of the molecule is NC(=S)Nc1ccc(Br)c(F)c1F.O=C(NC(=S)Nc1ccc(Br)c(F)c1F)c1ccccc1. The van der Waals surface area contributed by atoms with E-state index in [1.807, 2.05) is 0 Å². The smallest absolute Gasteiger partial charge is 0.257 e. The highest BCUT2D eigenvalue weighted by Gasteiger charge is 2.14. The van der Waals surface area contributed by atoms with Gasteiger partial charge in [0.25, 0.3) is 5.91 Å². The Morgan fingerprint density at radius 2 is 1.21 bits per heavy atom. The summed E-state index contributed by atoms with van der Waals surface area (Å²) in [7, 11) is 0. The lowest BCUT2D eigenvalue weighted by molar-refractivity contribution is 0.0977. The molecule has 5 N–H and O–H groups in total. The molecule has 0 atom stereocenters. The Morgan fingerprint density at radius 3 is 1.68 bits per heavy atom. The Kier molecular flexibility index (Phi) is 10.4. The van der Waals surface area contributed by atoms with Crippen LogP contribution in [0.2, 0.25) is 0 Å². The number of hydrogen-bond donors (Lipinski definition) is 4. The van der Waals surface area contributed by atoms with Crippen LogP contribution in [0.15, 0.2) is 63.5 Å². The molecule has 0 aliphatic heterocycles. The van der Waals surface area contributed by atoms with Gasteiger partial charge in [0, 0.05) is 5.56 Å². The van der Waals surface area contributed by atoms with E-state index in [9.17, 15) is 22.4 Å². The largest absolute Gasteiger partial charge is 0.376 e. The van der Waals surface area contributed by atoms with E-state index in [0.717, 1.165) is 0 Å². The molecule has 0 aromatic heterocycles. The second-order valence-corrected chi connectivity index (χ2v) is 8.77. The third-order valence-electron chi connectivity index (χ3n) is 3.84. The van der Waals surface area contributed by atoms with E-state index in [1.165, 1.54) is 24.3 Å². The van der Waals surface area contributed by atoms with Gasteiger partial charge >= 0.3 is 0 Å². The zero-order chi connectivity index (χ0) is 25.4. The molecule has 1 amide bonds. The number of carbonyl (C=O) groups excluding carboxylic acids is 1. The van der Waals surface area contributed by atoms with Crippen molar-refractivity contribution in [3.05, 3.63) is 92.4 Å². The molecule has 3 aromatic carbocycles. The summed E-state index contributed by atoms with van der Waals surface area (Å²) in [6, 6.07) is 13.7. The summed E-state index contributed by atoms with van der Waals surface area (Å²) in [5, 5.41) is 6.91. The summed E-state index contributed by atoms with van der Waals surface area (Å²) in [4.78, 5) is 11.8. The van der Waals surface area contributed by atoms with Gasteiger partial charge in [-0.1, -0.05) is 18.2 Å². The molecule has 0 spiro atoms. The molecule has 0 radical (unpaired) electrons. The molecule has 3 aromatic rings. The van der Waals surface area contributed by atoms with Crippen molar-refractivity contribution in [3.63, 3.8) is 0 Å². The maximum Gasteiger partial charge on any atom is 0.257 e. The van der Waals surface area contributed by atoms with Crippen molar-refractivity contribution in [3.8, 4) is 0 Å². The Balaban J connectivity index is 0.000000270. The average molecular weight is 638 g/mol. The Hall–Kier alpha value is -2.61. The molecule has 0 saturated carbocycles. The number of thiocarbonyl (C=S) groups is 2. The van der Waals surface area contributed by atoms with Gasteiger partial charge in [0.15, 0.2) is 33.5 Å². The Labute approximate surface area is 219 Å². The van der Waals surface area contributed by atoms with E-state index >= 15 is 0 Å². The number of amides is 1. The quantitative estimate of drug-likeness (QED) is 0.155. The Bertz CT molecular complexity index is 1230. The van der Waals surface area contributed by atoms with Crippen molar-refractivity contribution >= 4 is 83.8 Å². The number of hydrogen-bond acceptors (Lipinski definition) is 3. The van der Waals surface area contributed by atoms with Gasteiger partial charge in [-0.3, -0.25) is 10.1 Å². The third-order valence-corrected chi connectivity index (χ3v) is 5.37. The second-order valence-electron chi connectivity index (χ2n) is 6.21. The highest BCUT2D eigenvalue weighted by molar-refractivity contribution is 9.10. The number of halogens is 6. The number of nitrogens with two attached hydrogens (primary N) is 1. The van der Waals surface area contributed by atoms with Crippen LogP contribution in [0.4, 0.5) is 28.9 Å². The van der Waals surface area contributed by atoms with Gasteiger partial charge in [0.2, 0.25) is 0 Å². The number of nitrogens with one attached hydrogen (secondary N) is 3. The fraction of sp³-hybridized carbons (Fsp3) is 0. The lowest BCUT2D eigenvalue weighted by Crippen LogP contribution is -2.34. The molecule has 0 unspecified atom stereocenters. The maximum absolute atomic E-state index is 13.6. The van der Waals surface area contributed by atoms with Gasteiger partial charge in [0.1, 0.15) is 0 Å². The summed E-state index contributed by atoms with van der Waals surface area (Å²) < 4.78 is 53.0. The number of rotatable bonds is 3. The second kappa shape index (κ2) is 12.7. The van der Waals surface area contributed by atoms with Crippen molar-refractivity contribution in [2.24, 2.45) is 5.73 Å². The molecular weight excluding hydrogens is 624 g/mol. The zero-order valence-corrected chi connectivity index (χ0v) is 21.6. The molecule has 0 saturated heterocycles. The van der Waals surface area contributed by atoms with Crippen LogP contribution in [-0.4, -0.2) is 16.1 Å². The van der Waals surface area contributed by atoms with Crippen molar-refractivity contribution in [2.75, 3.05) is 10.6 Å². The fourth-order valence-electron chi connectivity index (χ4n) is 2.30. The van der Waals surface area contributed by atoms with Crippen LogP contribution in [0.5, 0.6) is 0 Å². The molecule has 0 aliphatic carbocycles. The minimum atomic E-state index is -1.08. The van der Waals surface area contributed by atoms with E-state index in [1.54, 1.807) is 30.3 Å². The summed E-state index contributed by atoms with van der Waals surface area (Å²) >= 11 is 15.1. The van der Waals surface area contributed by atoms with Crippen LogP contribution in [0.3, 0.4) is 0 Å². The van der Waals surface area contributed by atoms with Crippen LogP contribution >= 0.6 is 56.3 Å². The number of anilines is 2. The zero-order valence-electron chi connectivity index (χ0n) is 16.8. The van der Waals surface area contributed by atoms with Crippen LogP contribution in [-0.2, 0) is 0 Å². The minimum absolute atomic E-state index is 0.00443. The van der Waals surface area contributed by atoms with Gasteiger partial charge in [0.05, 0.1) is 20.3 Å². The van der Waals surface area contributed by atoms with Crippen LogP contribution in [0.1, 0.15) is 10.4 Å². The minimum Gasteiger partial charge on any atom is -0.376 e. The molecule has 0 bridgehead atoms. The first kappa shape index (κ1) is 27.6. The van der Waals surface area contributed by atoms with E-state index < -0.39 is 29.2 Å². The molecule has 5 nitrogen and oxygen atoms in total. The van der Waals surface area contributed by atoms with Crippen molar-refractivity contribution in [2.45, 2.75) is 0 Å². The standard InChI is InChI=1S/C14H9BrF2N2OS.C7H5BrF2N2S/c15-9-6-7-10(12(17)11(9)16)18-14(21)19-13(20)8-4-2-1-3-5-8;8-3-1-2-4(12-7(11)13)6(10)5(3)9/h1-7H,(H2,18,19,20,21);1-2H,(H3,11,12,13). The topological polar surface area (TPSA) is 79.2 Å². The van der Waals surface area contributed by atoms with Gasteiger partial charge in [-0.05, 0) is 92.7 Å².